The molecule has 0 aromatic heterocycles. The van der Waals surface area contributed by atoms with Gasteiger partial charge in [0.15, 0.2) is 5.11 Å². The summed E-state index contributed by atoms with van der Waals surface area (Å²) >= 11 is 11.4. The maximum atomic E-state index is 6.11. The third-order valence-electron chi connectivity index (χ3n) is 4.08. The first-order valence-electron chi connectivity index (χ1n) is 8.67. The predicted octanol–water partition coefficient (Wildman–Crippen LogP) is 5.21. The number of anilines is 2. The van der Waals surface area contributed by atoms with E-state index < -0.39 is 0 Å². The molecular formula is C20H25ClN4S. The van der Waals surface area contributed by atoms with Crippen molar-refractivity contribution in [1.82, 2.24) is 5.43 Å². The summed E-state index contributed by atoms with van der Waals surface area (Å²) in [7, 11) is 2.11. The van der Waals surface area contributed by atoms with Crippen molar-refractivity contribution in [2.45, 2.75) is 26.7 Å². The van der Waals surface area contributed by atoms with Crippen molar-refractivity contribution in [3.8, 4) is 0 Å². The quantitative estimate of drug-likeness (QED) is 0.388. The van der Waals surface area contributed by atoms with Crippen LogP contribution in [0, 0.1) is 6.92 Å². The van der Waals surface area contributed by atoms with Crippen LogP contribution < -0.4 is 15.6 Å². The van der Waals surface area contributed by atoms with Gasteiger partial charge in [0.25, 0.3) is 0 Å². The van der Waals surface area contributed by atoms with Crippen molar-refractivity contribution in [3.05, 3.63) is 58.6 Å². The van der Waals surface area contributed by atoms with Gasteiger partial charge in [0.2, 0.25) is 0 Å². The minimum Gasteiger partial charge on any atom is -0.375 e. The van der Waals surface area contributed by atoms with Crippen LogP contribution in [0.25, 0.3) is 0 Å². The van der Waals surface area contributed by atoms with Crippen molar-refractivity contribution in [3.63, 3.8) is 0 Å². The molecule has 4 nitrogen and oxygen atoms in total. The number of unbranched alkanes of at least 4 members (excludes halogenated alkanes) is 1. The van der Waals surface area contributed by atoms with E-state index >= 15 is 0 Å². The molecule has 0 aliphatic carbocycles. The standard InChI is InChI=1S/C20H25ClN4S/c1-4-5-13-25(3)17-11-9-16(10-12-17)14-22-24-20(26)23-19-8-6-7-18(21)15(19)2/h6-12,14H,4-5,13H2,1-3H3,(H2,23,24,26)/b22-14+. The van der Waals surface area contributed by atoms with Gasteiger partial charge in [-0.3, -0.25) is 5.43 Å². The Labute approximate surface area is 166 Å². The number of nitrogens with zero attached hydrogens (tertiary/aromatic N) is 2. The van der Waals surface area contributed by atoms with E-state index in [-0.39, 0.29) is 0 Å². The Morgan fingerprint density at radius 1 is 1.23 bits per heavy atom. The minimum absolute atomic E-state index is 0.419. The molecule has 0 unspecified atom stereocenters. The van der Waals surface area contributed by atoms with Crippen LogP contribution in [0.5, 0.6) is 0 Å². The van der Waals surface area contributed by atoms with Crippen LogP contribution >= 0.6 is 23.8 Å². The lowest BCUT2D eigenvalue weighted by atomic mass is 10.2. The number of halogens is 1. The zero-order valence-electron chi connectivity index (χ0n) is 15.4. The fraction of sp³-hybridized carbons (Fsp3) is 0.300. The lowest BCUT2D eigenvalue weighted by molar-refractivity contribution is 0.767. The Morgan fingerprint density at radius 3 is 2.65 bits per heavy atom. The highest BCUT2D eigenvalue weighted by atomic mass is 35.5. The molecule has 2 rings (SSSR count). The normalized spacial score (nSPS) is 10.8. The molecule has 0 saturated heterocycles. The second-order valence-corrected chi connectivity index (χ2v) is 6.92. The van der Waals surface area contributed by atoms with Gasteiger partial charge in [0.1, 0.15) is 0 Å². The van der Waals surface area contributed by atoms with Crippen molar-refractivity contribution in [2.75, 3.05) is 23.8 Å². The van der Waals surface area contributed by atoms with Gasteiger partial charge in [-0.1, -0.05) is 43.1 Å². The average Bonchev–Trinajstić information content (AvgIpc) is 2.64. The summed E-state index contributed by atoms with van der Waals surface area (Å²) in [4.78, 5) is 2.26. The highest BCUT2D eigenvalue weighted by Crippen LogP contribution is 2.22. The second-order valence-electron chi connectivity index (χ2n) is 6.10. The largest absolute Gasteiger partial charge is 0.375 e. The van der Waals surface area contributed by atoms with E-state index in [4.69, 9.17) is 23.8 Å². The Balaban J connectivity index is 1.87. The van der Waals surface area contributed by atoms with Crippen molar-refractivity contribution in [1.29, 1.82) is 0 Å². The molecule has 0 aliphatic heterocycles. The van der Waals surface area contributed by atoms with Crippen LogP contribution in [-0.4, -0.2) is 24.9 Å². The highest BCUT2D eigenvalue weighted by molar-refractivity contribution is 7.80. The van der Waals surface area contributed by atoms with E-state index in [9.17, 15) is 0 Å². The van der Waals surface area contributed by atoms with Crippen LogP contribution in [0.1, 0.15) is 30.9 Å². The van der Waals surface area contributed by atoms with Gasteiger partial charge in [-0.25, -0.2) is 0 Å². The third kappa shape index (κ3) is 6.00. The number of nitrogens with one attached hydrogen (secondary N) is 2. The number of thiocarbonyl (C=S) groups is 1. The molecule has 138 valence electrons. The van der Waals surface area contributed by atoms with Crippen LogP contribution in [0.2, 0.25) is 5.02 Å². The fourth-order valence-corrected chi connectivity index (χ4v) is 2.74. The molecule has 0 radical (unpaired) electrons. The molecule has 2 aromatic rings. The van der Waals surface area contributed by atoms with Gasteiger partial charge in [0.05, 0.1) is 6.21 Å². The molecule has 0 saturated carbocycles. The molecule has 0 fully saturated rings. The van der Waals surface area contributed by atoms with E-state index in [2.05, 4.69) is 46.8 Å². The van der Waals surface area contributed by atoms with Crippen LogP contribution in [0.3, 0.4) is 0 Å². The first-order valence-corrected chi connectivity index (χ1v) is 9.46. The zero-order chi connectivity index (χ0) is 18.9. The summed E-state index contributed by atoms with van der Waals surface area (Å²) in [5, 5.41) is 8.40. The molecule has 0 bridgehead atoms. The van der Waals surface area contributed by atoms with Gasteiger partial charge < -0.3 is 10.2 Å². The Morgan fingerprint density at radius 2 is 1.96 bits per heavy atom. The molecule has 2 N–H and O–H groups in total. The monoisotopic (exact) mass is 388 g/mol. The summed E-state index contributed by atoms with van der Waals surface area (Å²) in [6, 6.07) is 13.9. The SMILES string of the molecule is CCCCN(C)c1ccc(/C=N/NC(=S)Nc2cccc(Cl)c2C)cc1. The van der Waals surface area contributed by atoms with Gasteiger partial charge in [-0.15, -0.1) is 0 Å². The Bertz CT molecular complexity index is 759. The van der Waals surface area contributed by atoms with E-state index in [0.29, 0.717) is 10.1 Å². The summed E-state index contributed by atoms with van der Waals surface area (Å²) in [6.07, 6.45) is 4.14. The summed E-state index contributed by atoms with van der Waals surface area (Å²) in [5.41, 5.74) is 6.85. The van der Waals surface area contributed by atoms with Gasteiger partial charge in [-0.05, 0) is 61.0 Å². The third-order valence-corrected chi connectivity index (χ3v) is 4.68. The van der Waals surface area contributed by atoms with Crippen LogP contribution in [-0.2, 0) is 0 Å². The second kappa shape index (κ2) is 10.1. The molecule has 0 amide bonds. The summed E-state index contributed by atoms with van der Waals surface area (Å²) < 4.78 is 0. The Hall–Kier alpha value is -2.11. The van der Waals surface area contributed by atoms with Crippen molar-refractivity contribution in [2.24, 2.45) is 5.10 Å². The van der Waals surface area contributed by atoms with Crippen LogP contribution in [0.4, 0.5) is 11.4 Å². The number of rotatable bonds is 7. The first kappa shape index (κ1) is 20.2. The number of hydrogen-bond acceptors (Lipinski definition) is 3. The topological polar surface area (TPSA) is 39.7 Å². The van der Waals surface area contributed by atoms with Crippen LogP contribution in [0.15, 0.2) is 47.6 Å². The Kier molecular flexibility index (Phi) is 7.88. The zero-order valence-corrected chi connectivity index (χ0v) is 17.0. The molecule has 26 heavy (non-hydrogen) atoms. The number of hydrogen-bond donors (Lipinski definition) is 2. The van der Waals surface area contributed by atoms with Crippen molar-refractivity contribution >= 4 is 46.5 Å². The molecular weight excluding hydrogens is 364 g/mol. The van der Waals surface area contributed by atoms with E-state index in [0.717, 1.165) is 23.4 Å². The first-order chi connectivity index (χ1) is 12.5. The minimum atomic E-state index is 0.419. The van der Waals surface area contributed by atoms with E-state index in [1.807, 2.05) is 37.3 Å². The lowest BCUT2D eigenvalue weighted by Crippen LogP contribution is -2.24. The summed E-state index contributed by atoms with van der Waals surface area (Å²) in [5.74, 6) is 0. The van der Waals surface area contributed by atoms with Gasteiger partial charge in [-0.2, -0.15) is 5.10 Å². The van der Waals surface area contributed by atoms with Gasteiger partial charge in [0, 0.05) is 30.0 Å². The maximum Gasteiger partial charge on any atom is 0.191 e. The average molecular weight is 389 g/mol. The maximum absolute atomic E-state index is 6.11. The molecule has 0 aliphatic rings. The van der Waals surface area contributed by atoms with E-state index in [1.54, 1.807) is 6.21 Å². The molecule has 2 aromatic carbocycles. The molecule has 6 heteroatoms. The van der Waals surface area contributed by atoms with Crippen molar-refractivity contribution < 1.29 is 0 Å². The summed E-state index contributed by atoms with van der Waals surface area (Å²) in [6.45, 7) is 5.21. The van der Waals surface area contributed by atoms with Gasteiger partial charge >= 0.3 is 0 Å². The predicted molar refractivity (Wildman–Crippen MR) is 118 cm³/mol. The number of hydrazone groups is 1. The molecule has 0 atom stereocenters. The fourth-order valence-electron chi connectivity index (χ4n) is 2.40. The molecule has 0 heterocycles. The van der Waals surface area contributed by atoms with E-state index in [1.165, 1.54) is 18.5 Å². The molecule has 0 spiro atoms. The smallest absolute Gasteiger partial charge is 0.191 e. The lowest BCUT2D eigenvalue weighted by Gasteiger charge is -2.18. The number of benzene rings is 2. The highest BCUT2D eigenvalue weighted by Gasteiger charge is 2.03.